The molecule has 0 aromatic carbocycles. The molecule has 0 bridgehead atoms. The molecule has 0 aliphatic heterocycles. The number of hydrogen-bond acceptors (Lipinski definition) is 3. The minimum atomic E-state index is -0.793. The van der Waals surface area contributed by atoms with E-state index < -0.39 is 5.97 Å². The number of hydrogen-bond donors (Lipinski definition) is 1. The average molecular weight is 252 g/mol. The lowest BCUT2D eigenvalue weighted by Gasteiger charge is -2.08. The van der Waals surface area contributed by atoms with E-state index in [1.54, 1.807) is 6.08 Å². The first-order chi connectivity index (χ1) is 8.43. The molecule has 2 atom stereocenters. The monoisotopic (exact) mass is 252 g/mol. The van der Waals surface area contributed by atoms with Crippen molar-refractivity contribution >= 4 is 11.9 Å². The zero-order valence-corrected chi connectivity index (χ0v) is 10.9. The molecular weight excluding hydrogens is 232 g/mol. The van der Waals surface area contributed by atoms with Crippen molar-refractivity contribution in [1.82, 2.24) is 0 Å². The largest absolute Gasteiger partial charge is 0.481 e. The van der Waals surface area contributed by atoms with Crippen LogP contribution in [0, 0.1) is 17.3 Å². The molecule has 0 spiro atoms. The number of carbonyl (C=O) groups excluding carboxylic acids is 1. The van der Waals surface area contributed by atoms with Crippen molar-refractivity contribution < 1.29 is 19.4 Å². The number of esters is 1. The van der Waals surface area contributed by atoms with Gasteiger partial charge in [0.2, 0.25) is 0 Å². The zero-order valence-electron chi connectivity index (χ0n) is 10.9. The van der Waals surface area contributed by atoms with Gasteiger partial charge in [0.05, 0.1) is 5.92 Å². The van der Waals surface area contributed by atoms with Gasteiger partial charge in [-0.3, -0.25) is 4.79 Å². The maximum atomic E-state index is 11.6. The van der Waals surface area contributed by atoms with Crippen molar-refractivity contribution in [1.29, 1.82) is 0 Å². The second-order valence-corrected chi connectivity index (χ2v) is 5.87. The van der Waals surface area contributed by atoms with E-state index in [-0.39, 0.29) is 29.3 Å². The quantitative estimate of drug-likeness (QED) is 0.616. The van der Waals surface area contributed by atoms with Gasteiger partial charge in [-0.15, -0.1) is 0 Å². The molecule has 0 heterocycles. The van der Waals surface area contributed by atoms with Crippen LogP contribution >= 0.6 is 0 Å². The molecule has 0 saturated heterocycles. The van der Waals surface area contributed by atoms with Crippen LogP contribution in [0.15, 0.2) is 12.2 Å². The fourth-order valence-electron chi connectivity index (χ4n) is 2.90. The van der Waals surface area contributed by atoms with Gasteiger partial charge >= 0.3 is 11.9 Å². The molecule has 2 saturated carbocycles. The van der Waals surface area contributed by atoms with Gasteiger partial charge in [0.1, 0.15) is 6.10 Å². The highest BCUT2D eigenvalue weighted by Gasteiger charge is 2.60. The third-order valence-corrected chi connectivity index (χ3v) is 4.20. The topological polar surface area (TPSA) is 63.6 Å². The molecule has 0 radical (unpaired) electrons. The molecule has 0 aromatic heterocycles. The minimum Gasteiger partial charge on any atom is -0.481 e. The van der Waals surface area contributed by atoms with Gasteiger partial charge < -0.3 is 9.84 Å². The molecule has 4 heteroatoms. The summed E-state index contributed by atoms with van der Waals surface area (Å²) in [5.41, 5.74) is -0.254. The summed E-state index contributed by atoms with van der Waals surface area (Å²) in [6, 6.07) is 0. The van der Waals surface area contributed by atoms with E-state index in [4.69, 9.17) is 9.84 Å². The smallest absolute Gasteiger partial charge is 0.330 e. The number of ether oxygens (including phenoxy) is 1. The second-order valence-electron chi connectivity index (χ2n) is 5.87. The van der Waals surface area contributed by atoms with Crippen molar-refractivity contribution in [3.05, 3.63) is 12.2 Å². The van der Waals surface area contributed by atoms with E-state index in [9.17, 15) is 9.59 Å². The molecule has 2 aliphatic carbocycles. The van der Waals surface area contributed by atoms with Crippen LogP contribution in [0.5, 0.6) is 0 Å². The van der Waals surface area contributed by atoms with Gasteiger partial charge in [0.25, 0.3) is 0 Å². The summed E-state index contributed by atoms with van der Waals surface area (Å²) in [7, 11) is 0. The molecule has 2 unspecified atom stereocenters. The summed E-state index contributed by atoms with van der Waals surface area (Å²) in [4.78, 5) is 22.5. The highest BCUT2D eigenvalue weighted by molar-refractivity contribution is 5.83. The summed E-state index contributed by atoms with van der Waals surface area (Å²) in [6.07, 6.45) is 7.30. The number of rotatable bonds is 4. The molecule has 1 N–H and O–H groups in total. The highest BCUT2D eigenvalue weighted by Crippen LogP contribution is 2.59. The number of allylic oxidation sites excluding steroid dienone is 1. The van der Waals surface area contributed by atoms with Crippen molar-refractivity contribution in [2.45, 2.75) is 45.6 Å². The molecule has 18 heavy (non-hydrogen) atoms. The van der Waals surface area contributed by atoms with E-state index in [2.05, 4.69) is 0 Å². The number of carboxylic acids is 1. The predicted molar refractivity (Wildman–Crippen MR) is 65.9 cm³/mol. The van der Waals surface area contributed by atoms with E-state index in [1.807, 2.05) is 13.8 Å². The van der Waals surface area contributed by atoms with Crippen molar-refractivity contribution in [2.24, 2.45) is 17.3 Å². The maximum absolute atomic E-state index is 11.6. The van der Waals surface area contributed by atoms with E-state index in [1.165, 1.54) is 6.08 Å². The van der Waals surface area contributed by atoms with E-state index >= 15 is 0 Å². The summed E-state index contributed by atoms with van der Waals surface area (Å²) in [6.45, 7) is 3.81. The Morgan fingerprint density at radius 3 is 2.39 bits per heavy atom. The van der Waals surface area contributed by atoms with Crippen molar-refractivity contribution in [2.75, 3.05) is 0 Å². The van der Waals surface area contributed by atoms with Crippen LogP contribution in [0.25, 0.3) is 0 Å². The van der Waals surface area contributed by atoms with Gasteiger partial charge in [-0.05, 0) is 37.0 Å². The summed E-state index contributed by atoms with van der Waals surface area (Å²) in [5.74, 6) is -1.58. The minimum absolute atomic E-state index is 0.0598. The molecule has 2 fully saturated rings. The van der Waals surface area contributed by atoms with Crippen LogP contribution < -0.4 is 0 Å². The van der Waals surface area contributed by atoms with Crippen molar-refractivity contribution in [3.63, 3.8) is 0 Å². The fourth-order valence-corrected chi connectivity index (χ4v) is 2.90. The van der Waals surface area contributed by atoms with Crippen LogP contribution in [0.3, 0.4) is 0 Å². The second kappa shape index (κ2) is 4.75. The first-order valence-electron chi connectivity index (χ1n) is 6.54. The van der Waals surface area contributed by atoms with Gasteiger partial charge in [0, 0.05) is 6.08 Å². The third kappa shape index (κ3) is 2.57. The molecule has 0 amide bonds. The standard InChI is InChI=1S/C14H20O4/c1-14(2)10(12(14)13(16)17)7-8-11(15)18-9-5-3-4-6-9/h7-10,12H,3-6H2,1-2H3,(H,16,17)/b8-7+. The van der Waals surface area contributed by atoms with E-state index in [0.717, 1.165) is 25.7 Å². The molecule has 2 aliphatic rings. The average Bonchev–Trinajstić information content (AvgIpc) is 2.63. The molecule has 100 valence electrons. The Balaban J connectivity index is 1.84. The fraction of sp³-hybridized carbons (Fsp3) is 0.714. The highest BCUT2D eigenvalue weighted by atomic mass is 16.5. The summed E-state index contributed by atoms with van der Waals surface area (Å²) >= 11 is 0. The van der Waals surface area contributed by atoms with Gasteiger partial charge in [0.15, 0.2) is 0 Å². The number of carbonyl (C=O) groups is 2. The van der Waals surface area contributed by atoms with Crippen LogP contribution in [0.1, 0.15) is 39.5 Å². The lowest BCUT2D eigenvalue weighted by atomic mass is 10.1. The van der Waals surface area contributed by atoms with Gasteiger partial charge in [-0.2, -0.15) is 0 Å². The van der Waals surface area contributed by atoms with Crippen LogP contribution in [0.2, 0.25) is 0 Å². The van der Waals surface area contributed by atoms with Crippen LogP contribution in [0.4, 0.5) is 0 Å². The normalized spacial score (nSPS) is 30.6. The Kier molecular flexibility index (Phi) is 3.46. The first kappa shape index (κ1) is 13.1. The summed E-state index contributed by atoms with van der Waals surface area (Å²) in [5, 5.41) is 9.00. The first-order valence-corrected chi connectivity index (χ1v) is 6.54. The SMILES string of the molecule is CC1(C)C(/C=C/C(=O)OC2CCCC2)C1C(=O)O. The Morgan fingerprint density at radius 2 is 1.89 bits per heavy atom. The number of aliphatic carboxylic acids is 1. The molecule has 0 aromatic rings. The Morgan fingerprint density at radius 1 is 1.28 bits per heavy atom. The Bertz CT molecular complexity index is 377. The zero-order chi connectivity index (χ0) is 13.3. The lowest BCUT2D eigenvalue weighted by molar-refractivity contribution is -0.143. The predicted octanol–water partition coefficient (Wildman–Crippen LogP) is 2.39. The molecule has 2 rings (SSSR count). The number of carboxylic acid groups (broad SMARTS) is 1. The van der Waals surface area contributed by atoms with E-state index in [0.29, 0.717) is 0 Å². The van der Waals surface area contributed by atoms with Gasteiger partial charge in [-0.25, -0.2) is 4.79 Å². The van der Waals surface area contributed by atoms with Crippen LogP contribution in [-0.2, 0) is 14.3 Å². The van der Waals surface area contributed by atoms with Crippen LogP contribution in [-0.4, -0.2) is 23.1 Å². The third-order valence-electron chi connectivity index (χ3n) is 4.20. The maximum Gasteiger partial charge on any atom is 0.330 e. The van der Waals surface area contributed by atoms with Crippen molar-refractivity contribution in [3.8, 4) is 0 Å². The Labute approximate surface area is 107 Å². The summed E-state index contributed by atoms with van der Waals surface area (Å²) < 4.78 is 5.28. The lowest BCUT2D eigenvalue weighted by Crippen LogP contribution is -2.12. The molecule has 4 nitrogen and oxygen atoms in total. The molecular formula is C14H20O4. The van der Waals surface area contributed by atoms with Gasteiger partial charge in [-0.1, -0.05) is 19.9 Å². The Hall–Kier alpha value is -1.32.